The Bertz CT molecular complexity index is 371. The van der Waals surface area contributed by atoms with Crippen molar-refractivity contribution >= 4 is 11.6 Å². The highest BCUT2D eigenvalue weighted by Gasteiger charge is 1.94. The molecule has 0 saturated carbocycles. The number of allylic oxidation sites excluding steroid dienone is 1. The van der Waals surface area contributed by atoms with Gasteiger partial charge in [0, 0.05) is 5.02 Å². The van der Waals surface area contributed by atoms with Gasteiger partial charge in [-0.25, -0.2) is 0 Å². The summed E-state index contributed by atoms with van der Waals surface area (Å²) in [6.07, 6.45) is 0. The number of benzene rings is 1. The molecule has 3 heteroatoms. The third-order valence-corrected chi connectivity index (χ3v) is 1.67. The van der Waals surface area contributed by atoms with Gasteiger partial charge in [0.15, 0.2) is 0 Å². The highest BCUT2D eigenvalue weighted by Crippen LogP contribution is 2.16. The molecule has 0 saturated heterocycles. The summed E-state index contributed by atoms with van der Waals surface area (Å²) in [5.41, 5.74) is 9.40. The van der Waals surface area contributed by atoms with Crippen LogP contribution in [-0.4, -0.2) is 0 Å². The lowest BCUT2D eigenvalue weighted by molar-refractivity contribution is 0.421. The highest BCUT2D eigenvalue weighted by atomic mass is 35.5. The molecular formula is C11H12ClNO. The number of nitrogens with two attached hydrogens (primary N) is 1. The molecule has 0 aliphatic rings. The summed E-state index contributed by atoms with van der Waals surface area (Å²) in [5, 5.41) is 0.669. The van der Waals surface area contributed by atoms with E-state index in [4.69, 9.17) is 22.1 Å². The van der Waals surface area contributed by atoms with E-state index in [9.17, 15) is 0 Å². The van der Waals surface area contributed by atoms with Gasteiger partial charge in [0.1, 0.15) is 5.75 Å². The van der Waals surface area contributed by atoms with E-state index < -0.39 is 0 Å². The van der Waals surface area contributed by atoms with Crippen molar-refractivity contribution in [3.05, 3.63) is 46.5 Å². The van der Waals surface area contributed by atoms with Crippen LogP contribution in [0.5, 0.6) is 5.75 Å². The molecule has 1 aromatic rings. The Kier molecular flexibility index (Phi) is 3.63. The van der Waals surface area contributed by atoms with E-state index in [1.165, 1.54) is 0 Å². The molecule has 0 heterocycles. The minimum atomic E-state index is 0.257. The predicted molar refractivity (Wildman–Crippen MR) is 58.2 cm³/mol. The monoisotopic (exact) mass is 209 g/mol. The molecule has 0 fully saturated rings. The Balaban J connectivity index is 2.80. The van der Waals surface area contributed by atoms with E-state index in [0.717, 1.165) is 5.57 Å². The van der Waals surface area contributed by atoms with Crippen LogP contribution in [0, 0.1) is 0 Å². The summed E-state index contributed by atoms with van der Waals surface area (Å²) in [6, 6.07) is 6.99. The van der Waals surface area contributed by atoms with Crippen LogP contribution >= 0.6 is 11.6 Å². The van der Waals surface area contributed by atoms with Crippen molar-refractivity contribution in [1.29, 1.82) is 0 Å². The summed E-state index contributed by atoms with van der Waals surface area (Å²) < 4.78 is 5.28. The zero-order chi connectivity index (χ0) is 10.6. The Morgan fingerprint density at radius 1 is 1.29 bits per heavy atom. The van der Waals surface area contributed by atoms with Gasteiger partial charge in [-0.2, -0.15) is 0 Å². The van der Waals surface area contributed by atoms with E-state index in [-0.39, 0.29) is 5.88 Å². The van der Waals surface area contributed by atoms with Gasteiger partial charge in [-0.05, 0) is 43.7 Å². The van der Waals surface area contributed by atoms with Crippen molar-refractivity contribution in [3.63, 3.8) is 0 Å². The molecule has 0 spiro atoms. The number of halogens is 1. The van der Waals surface area contributed by atoms with Gasteiger partial charge in [0.25, 0.3) is 0 Å². The van der Waals surface area contributed by atoms with Gasteiger partial charge in [-0.15, -0.1) is 0 Å². The Labute approximate surface area is 88.6 Å². The SMILES string of the molecule is CC(C)=C=C(N)Oc1ccc(Cl)cc1. The molecule has 2 nitrogen and oxygen atoms in total. The smallest absolute Gasteiger partial charge is 0.236 e. The summed E-state index contributed by atoms with van der Waals surface area (Å²) in [7, 11) is 0. The minimum Gasteiger partial charge on any atom is -0.434 e. The highest BCUT2D eigenvalue weighted by molar-refractivity contribution is 6.30. The molecule has 0 aliphatic carbocycles. The van der Waals surface area contributed by atoms with Gasteiger partial charge < -0.3 is 10.5 Å². The normalized spacial score (nSPS) is 9.07. The van der Waals surface area contributed by atoms with Gasteiger partial charge in [0.2, 0.25) is 5.88 Å². The van der Waals surface area contributed by atoms with E-state index in [1.807, 2.05) is 13.8 Å². The molecule has 0 bridgehead atoms. The number of ether oxygens (including phenoxy) is 1. The maximum atomic E-state index is 5.72. The van der Waals surface area contributed by atoms with Crippen LogP contribution in [0.4, 0.5) is 0 Å². The standard InChI is InChI=1S/C11H12ClNO/c1-8(2)7-11(13)14-10-5-3-9(12)4-6-10/h3-6H,13H2,1-2H3. The second-order valence-electron chi connectivity index (χ2n) is 3.05. The molecule has 1 aromatic carbocycles. The van der Waals surface area contributed by atoms with Crippen molar-refractivity contribution < 1.29 is 4.74 Å². The molecule has 1 rings (SSSR count). The summed E-state index contributed by atoms with van der Waals surface area (Å²) in [6.45, 7) is 3.80. The van der Waals surface area contributed by atoms with Crippen molar-refractivity contribution in [2.75, 3.05) is 0 Å². The predicted octanol–water partition coefficient (Wildman–Crippen LogP) is 3.08. The van der Waals surface area contributed by atoms with E-state index in [1.54, 1.807) is 24.3 Å². The van der Waals surface area contributed by atoms with Crippen LogP contribution < -0.4 is 10.5 Å². The summed E-state index contributed by atoms with van der Waals surface area (Å²) in [5.74, 6) is 0.910. The fourth-order valence-electron chi connectivity index (χ4n) is 0.902. The molecule has 2 N–H and O–H groups in total. The van der Waals surface area contributed by atoms with Crippen LogP contribution in [0.25, 0.3) is 0 Å². The average molecular weight is 210 g/mol. The molecule has 0 unspecified atom stereocenters. The molecule has 0 atom stereocenters. The second-order valence-corrected chi connectivity index (χ2v) is 3.48. The van der Waals surface area contributed by atoms with Crippen LogP contribution in [0.2, 0.25) is 5.02 Å². The zero-order valence-electron chi connectivity index (χ0n) is 8.17. The van der Waals surface area contributed by atoms with E-state index in [2.05, 4.69) is 5.73 Å². The average Bonchev–Trinajstić information content (AvgIpc) is 2.07. The number of rotatable bonds is 2. The lowest BCUT2D eigenvalue weighted by Gasteiger charge is -2.02. The van der Waals surface area contributed by atoms with E-state index in [0.29, 0.717) is 10.8 Å². The van der Waals surface area contributed by atoms with Crippen LogP contribution in [0.1, 0.15) is 13.8 Å². The fourth-order valence-corrected chi connectivity index (χ4v) is 1.03. The first-order valence-corrected chi connectivity index (χ1v) is 4.59. The van der Waals surface area contributed by atoms with Crippen molar-refractivity contribution in [3.8, 4) is 5.75 Å². The molecule has 0 aliphatic heterocycles. The second kappa shape index (κ2) is 4.75. The van der Waals surface area contributed by atoms with Gasteiger partial charge >= 0.3 is 0 Å². The summed E-state index contributed by atoms with van der Waals surface area (Å²) in [4.78, 5) is 0. The topological polar surface area (TPSA) is 35.2 Å². The molecule has 0 radical (unpaired) electrons. The molecular weight excluding hydrogens is 198 g/mol. The van der Waals surface area contributed by atoms with Gasteiger partial charge in [-0.3, -0.25) is 0 Å². The van der Waals surface area contributed by atoms with Crippen molar-refractivity contribution in [2.45, 2.75) is 13.8 Å². The number of hydrogen-bond acceptors (Lipinski definition) is 2. The maximum absolute atomic E-state index is 5.72. The third kappa shape index (κ3) is 3.56. The van der Waals surface area contributed by atoms with E-state index >= 15 is 0 Å². The summed E-state index contributed by atoms with van der Waals surface area (Å²) >= 11 is 5.72. The molecule has 0 aromatic heterocycles. The molecule has 74 valence electrons. The Hall–Kier alpha value is -1.37. The van der Waals surface area contributed by atoms with Crippen LogP contribution in [0.15, 0.2) is 41.5 Å². The largest absolute Gasteiger partial charge is 0.434 e. The van der Waals surface area contributed by atoms with Crippen molar-refractivity contribution in [1.82, 2.24) is 0 Å². The lowest BCUT2D eigenvalue weighted by Crippen LogP contribution is -2.04. The molecule has 0 amide bonds. The minimum absolute atomic E-state index is 0.257. The first kappa shape index (κ1) is 10.7. The number of hydrogen-bond donors (Lipinski definition) is 1. The maximum Gasteiger partial charge on any atom is 0.236 e. The van der Waals surface area contributed by atoms with Gasteiger partial charge in [-0.1, -0.05) is 17.3 Å². The Morgan fingerprint density at radius 3 is 2.36 bits per heavy atom. The first-order valence-electron chi connectivity index (χ1n) is 4.21. The van der Waals surface area contributed by atoms with Crippen LogP contribution in [-0.2, 0) is 0 Å². The Morgan fingerprint density at radius 2 is 1.86 bits per heavy atom. The fraction of sp³-hybridized carbons (Fsp3) is 0.182. The zero-order valence-corrected chi connectivity index (χ0v) is 8.93. The van der Waals surface area contributed by atoms with Gasteiger partial charge in [0.05, 0.1) is 0 Å². The quantitative estimate of drug-likeness (QED) is 0.600. The van der Waals surface area contributed by atoms with Crippen molar-refractivity contribution in [2.24, 2.45) is 5.73 Å². The van der Waals surface area contributed by atoms with Crippen LogP contribution in [0.3, 0.4) is 0 Å². The lowest BCUT2D eigenvalue weighted by atomic mass is 10.3. The third-order valence-electron chi connectivity index (χ3n) is 1.41. The molecule has 14 heavy (non-hydrogen) atoms. The first-order chi connectivity index (χ1) is 6.58.